The normalized spacial score (nSPS) is 21.9. The largest absolute Gasteiger partial charge is 0.391 e. The average molecular weight is 292 g/mol. The summed E-state index contributed by atoms with van der Waals surface area (Å²) in [5.41, 5.74) is 0.632. The summed E-state index contributed by atoms with van der Waals surface area (Å²) >= 11 is 0. The van der Waals surface area contributed by atoms with Gasteiger partial charge in [-0.2, -0.15) is 0 Å². The molecule has 114 valence electrons. The van der Waals surface area contributed by atoms with Crippen molar-refractivity contribution in [1.82, 2.24) is 4.90 Å². The van der Waals surface area contributed by atoms with Gasteiger partial charge in [0.1, 0.15) is 0 Å². The first-order valence-corrected chi connectivity index (χ1v) is 7.12. The Morgan fingerprint density at radius 3 is 2.67 bits per heavy atom. The van der Waals surface area contributed by atoms with Crippen molar-refractivity contribution in [3.63, 3.8) is 0 Å². The molecule has 1 aromatic carbocycles. The summed E-state index contributed by atoms with van der Waals surface area (Å²) in [6.45, 7) is 1.58. The fourth-order valence-corrected chi connectivity index (χ4v) is 2.94. The standard InChI is InChI=1S/C15H20N2O4/c1-10-11(6-5-8-12(10)17(20)21)15(19)16(2)13-7-3-4-9-14(13)18/h5-6,8,13-14,18H,3-4,7,9H2,1-2H3/t13-,14-/m1/s1. The van der Waals surface area contributed by atoms with Gasteiger partial charge in [-0.15, -0.1) is 0 Å². The maximum Gasteiger partial charge on any atom is 0.273 e. The Labute approximate surface area is 123 Å². The van der Waals surface area contributed by atoms with Gasteiger partial charge < -0.3 is 10.0 Å². The fraction of sp³-hybridized carbons (Fsp3) is 0.533. The van der Waals surface area contributed by atoms with Crippen molar-refractivity contribution in [1.29, 1.82) is 0 Å². The Morgan fingerprint density at radius 1 is 1.38 bits per heavy atom. The molecule has 0 bridgehead atoms. The monoisotopic (exact) mass is 292 g/mol. The summed E-state index contributed by atoms with van der Waals surface area (Å²) in [5, 5.41) is 21.0. The highest BCUT2D eigenvalue weighted by Crippen LogP contribution is 2.26. The van der Waals surface area contributed by atoms with E-state index in [2.05, 4.69) is 0 Å². The molecule has 1 amide bonds. The minimum atomic E-state index is -0.522. The summed E-state index contributed by atoms with van der Waals surface area (Å²) in [4.78, 5) is 24.6. The third-order valence-corrected chi connectivity index (χ3v) is 4.24. The molecule has 2 rings (SSSR count). The number of benzene rings is 1. The number of nitro groups is 1. The van der Waals surface area contributed by atoms with Crippen molar-refractivity contribution in [3.05, 3.63) is 39.4 Å². The van der Waals surface area contributed by atoms with Gasteiger partial charge in [-0.1, -0.05) is 18.9 Å². The second kappa shape index (κ2) is 6.22. The molecule has 0 heterocycles. The molecule has 1 aromatic rings. The molecule has 0 saturated heterocycles. The van der Waals surface area contributed by atoms with Crippen LogP contribution in [0.4, 0.5) is 5.69 Å². The molecule has 6 nitrogen and oxygen atoms in total. The number of rotatable bonds is 3. The van der Waals surface area contributed by atoms with Gasteiger partial charge in [0.2, 0.25) is 0 Å². The first-order valence-electron chi connectivity index (χ1n) is 7.12. The van der Waals surface area contributed by atoms with Gasteiger partial charge in [0.25, 0.3) is 11.6 Å². The Morgan fingerprint density at radius 2 is 2.05 bits per heavy atom. The molecule has 2 atom stereocenters. The third kappa shape index (κ3) is 3.05. The smallest absolute Gasteiger partial charge is 0.273 e. The van der Waals surface area contributed by atoms with E-state index in [4.69, 9.17) is 0 Å². The maximum atomic E-state index is 12.6. The highest BCUT2D eigenvalue weighted by Gasteiger charge is 2.31. The van der Waals surface area contributed by atoms with Crippen LogP contribution in [0.25, 0.3) is 0 Å². The van der Waals surface area contributed by atoms with Crippen LogP contribution < -0.4 is 0 Å². The highest BCUT2D eigenvalue weighted by molar-refractivity contribution is 5.96. The van der Waals surface area contributed by atoms with E-state index in [0.29, 0.717) is 17.5 Å². The quantitative estimate of drug-likeness (QED) is 0.684. The number of amides is 1. The summed E-state index contributed by atoms with van der Waals surface area (Å²) in [6.07, 6.45) is 2.88. The van der Waals surface area contributed by atoms with Gasteiger partial charge in [0.15, 0.2) is 0 Å². The van der Waals surface area contributed by atoms with Crippen molar-refractivity contribution in [2.24, 2.45) is 0 Å². The summed E-state index contributed by atoms with van der Waals surface area (Å²) in [6, 6.07) is 4.28. The summed E-state index contributed by atoms with van der Waals surface area (Å²) in [5.74, 6) is -0.276. The zero-order valence-electron chi connectivity index (χ0n) is 12.3. The van der Waals surface area contributed by atoms with E-state index in [-0.39, 0.29) is 17.6 Å². The third-order valence-electron chi connectivity index (χ3n) is 4.24. The fourth-order valence-electron chi connectivity index (χ4n) is 2.94. The van der Waals surface area contributed by atoms with Gasteiger partial charge >= 0.3 is 0 Å². The SMILES string of the molecule is Cc1c(C(=O)N(C)[C@@H]2CCCC[C@H]2O)cccc1[N+](=O)[O-]. The Bertz CT molecular complexity index is 559. The maximum absolute atomic E-state index is 12.6. The number of hydrogen-bond donors (Lipinski definition) is 1. The first-order chi connectivity index (χ1) is 9.93. The average Bonchev–Trinajstić information content (AvgIpc) is 2.46. The van der Waals surface area contributed by atoms with Crippen molar-refractivity contribution in [2.45, 2.75) is 44.8 Å². The van der Waals surface area contributed by atoms with E-state index in [1.54, 1.807) is 20.0 Å². The molecule has 0 unspecified atom stereocenters. The summed E-state index contributed by atoms with van der Waals surface area (Å²) in [7, 11) is 1.65. The van der Waals surface area contributed by atoms with E-state index in [1.165, 1.54) is 17.0 Å². The van der Waals surface area contributed by atoms with Crippen molar-refractivity contribution >= 4 is 11.6 Å². The van der Waals surface area contributed by atoms with Crippen LogP contribution in [0.3, 0.4) is 0 Å². The minimum absolute atomic E-state index is 0.0570. The topological polar surface area (TPSA) is 83.7 Å². The van der Waals surface area contributed by atoms with E-state index in [1.807, 2.05) is 0 Å². The van der Waals surface area contributed by atoms with Crippen LogP contribution in [0.15, 0.2) is 18.2 Å². The van der Waals surface area contributed by atoms with Crippen LogP contribution in [-0.2, 0) is 0 Å². The number of hydrogen-bond acceptors (Lipinski definition) is 4. The Balaban J connectivity index is 2.27. The molecular formula is C15H20N2O4. The van der Waals surface area contributed by atoms with Crippen LogP contribution in [-0.4, -0.2) is 40.0 Å². The van der Waals surface area contributed by atoms with Crippen molar-refractivity contribution in [2.75, 3.05) is 7.05 Å². The number of carbonyl (C=O) groups excluding carboxylic acids is 1. The van der Waals surface area contributed by atoms with Crippen LogP contribution in [0.5, 0.6) is 0 Å². The molecule has 0 aliphatic heterocycles. The zero-order chi connectivity index (χ0) is 15.6. The van der Waals surface area contributed by atoms with E-state index in [0.717, 1.165) is 19.3 Å². The highest BCUT2D eigenvalue weighted by atomic mass is 16.6. The molecule has 1 aliphatic rings. The van der Waals surface area contributed by atoms with Gasteiger partial charge in [-0.05, 0) is 25.8 Å². The van der Waals surface area contributed by atoms with Crippen LogP contribution >= 0.6 is 0 Å². The molecule has 21 heavy (non-hydrogen) atoms. The number of carbonyl (C=O) groups is 1. The van der Waals surface area contributed by atoms with Crippen LogP contribution in [0.2, 0.25) is 0 Å². The van der Waals surface area contributed by atoms with E-state index >= 15 is 0 Å². The lowest BCUT2D eigenvalue weighted by Gasteiger charge is -2.35. The molecule has 1 aliphatic carbocycles. The van der Waals surface area contributed by atoms with Crippen LogP contribution in [0.1, 0.15) is 41.6 Å². The predicted molar refractivity (Wildman–Crippen MR) is 78.2 cm³/mol. The van der Waals surface area contributed by atoms with Crippen molar-refractivity contribution < 1.29 is 14.8 Å². The second-order valence-corrected chi connectivity index (χ2v) is 5.54. The number of aliphatic hydroxyl groups excluding tert-OH is 1. The zero-order valence-corrected chi connectivity index (χ0v) is 12.3. The second-order valence-electron chi connectivity index (χ2n) is 5.54. The molecule has 0 radical (unpaired) electrons. The predicted octanol–water partition coefficient (Wildman–Crippen LogP) is 2.28. The molecule has 6 heteroatoms. The lowest BCUT2D eigenvalue weighted by atomic mass is 9.91. The lowest BCUT2D eigenvalue weighted by molar-refractivity contribution is -0.385. The molecule has 1 fully saturated rings. The Hall–Kier alpha value is -1.95. The first kappa shape index (κ1) is 15.4. The van der Waals surface area contributed by atoms with Gasteiger partial charge in [0, 0.05) is 24.2 Å². The van der Waals surface area contributed by atoms with E-state index < -0.39 is 11.0 Å². The van der Waals surface area contributed by atoms with Gasteiger partial charge in [-0.25, -0.2) is 0 Å². The van der Waals surface area contributed by atoms with Gasteiger partial charge in [-0.3, -0.25) is 14.9 Å². The molecular weight excluding hydrogens is 272 g/mol. The summed E-state index contributed by atoms with van der Waals surface area (Å²) < 4.78 is 0. The Kier molecular flexibility index (Phi) is 4.57. The number of likely N-dealkylation sites (N-methyl/N-ethyl adjacent to an activating group) is 1. The molecule has 1 saturated carbocycles. The number of nitrogens with zero attached hydrogens (tertiary/aromatic N) is 2. The number of nitro benzene ring substituents is 1. The lowest BCUT2D eigenvalue weighted by Crippen LogP contribution is -2.46. The molecule has 0 aromatic heterocycles. The number of aliphatic hydroxyl groups is 1. The van der Waals surface area contributed by atoms with Crippen molar-refractivity contribution in [3.8, 4) is 0 Å². The van der Waals surface area contributed by atoms with Crippen LogP contribution in [0, 0.1) is 17.0 Å². The van der Waals surface area contributed by atoms with Gasteiger partial charge in [0.05, 0.1) is 17.1 Å². The molecule has 1 N–H and O–H groups in total. The minimum Gasteiger partial charge on any atom is -0.391 e. The van der Waals surface area contributed by atoms with E-state index in [9.17, 15) is 20.0 Å². The molecule has 0 spiro atoms.